The van der Waals surface area contributed by atoms with Crippen LogP contribution in [0.15, 0.2) is 30.7 Å². The SMILES string of the molecule is CC1(C)Cc2cc(CC(=O)c3cnn4cccnc34)c(N3CCC(F)(CO)CC3)nc2C1. The lowest BCUT2D eigenvalue weighted by atomic mass is 9.90. The maximum absolute atomic E-state index is 14.6. The highest BCUT2D eigenvalue weighted by atomic mass is 19.1. The van der Waals surface area contributed by atoms with E-state index in [0.29, 0.717) is 24.3 Å². The molecule has 1 saturated heterocycles. The summed E-state index contributed by atoms with van der Waals surface area (Å²) >= 11 is 0. The van der Waals surface area contributed by atoms with Crippen LogP contribution in [0.4, 0.5) is 10.2 Å². The van der Waals surface area contributed by atoms with Gasteiger partial charge in [0.1, 0.15) is 11.5 Å². The molecule has 1 aliphatic heterocycles. The van der Waals surface area contributed by atoms with E-state index in [1.807, 2.05) is 0 Å². The topological polar surface area (TPSA) is 83.6 Å². The molecule has 3 aromatic rings. The molecule has 5 rings (SSSR count). The van der Waals surface area contributed by atoms with E-state index in [9.17, 15) is 14.3 Å². The highest BCUT2D eigenvalue weighted by Gasteiger charge is 2.36. The van der Waals surface area contributed by atoms with Gasteiger partial charge in [-0.05, 0) is 36.0 Å². The Morgan fingerprint density at radius 1 is 1.25 bits per heavy atom. The van der Waals surface area contributed by atoms with Crippen LogP contribution < -0.4 is 4.90 Å². The van der Waals surface area contributed by atoms with Gasteiger partial charge in [-0.3, -0.25) is 4.79 Å². The summed E-state index contributed by atoms with van der Waals surface area (Å²) in [6, 6.07) is 3.89. The highest BCUT2D eigenvalue weighted by Crippen LogP contribution is 2.39. The van der Waals surface area contributed by atoms with E-state index in [1.54, 1.807) is 29.2 Å². The van der Waals surface area contributed by atoms with Gasteiger partial charge in [0, 0.05) is 56.0 Å². The lowest BCUT2D eigenvalue weighted by Crippen LogP contribution is -2.44. The van der Waals surface area contributed by atoms with Crippen molar-refractivity contribution in [1.82, 2.24) is 19.6 Å². The van der Waals surface area contributed by atoms with Crippen LogP contribution >= 0.6 is 0 Å². The first-order valence-electron chi connectivity index (χ1n) is 11.1. The molecule has 1 N–H and O–H groups in total. The van der Waals surface area contributed by atoms with Crippen molar-refractivity contribution in [2.45, 2.75) is 51.6 Å². The van der Waals surface area contributed by atoms with Gasteiger partial charge >= 0.3 is 0 Å². The molecule has 0 aromatic carbocycles. The van der Waals surface area contributed by atoms with Gasteiger partial charge in [0.15, 0.2) is 11.4 Å². The number of nitrogens with zero attached hydrogens (tertiary/aromatic N) is 5. The Bertz CT molecular complexity index is 1180. The number of aliphatic hydroxyl groups is 1. The fourth-order valence-corrected chi connectivity index (χ4v) is 4.94. The number of hydrogen-bond acceptors (Lipinski definition) is 6. The van der Waals surface area contributed by atoms with Crippen LogP contribution in [0.1, 0.15) is 53.9 Å². The molecule has 0 amide bonds. The van der Waals surface area contributed by atoms with Crippen LogP contribution in [-0.4, -0.2) is 55.8 Å². The number of hydrogen-bond donors (Lipinski definition) is 1. The largest absolute Gasteiger partial charge is 0.393 e. The predicted octanol–water partition coefficient (Wildman–Crippen LogP) is 2.98. The van der Waals surface area contributed by atoms with E-state index in [1.165, 1.54) is 5.56 Å². The van der Waals surface area contributed by atoms with Crippen LogP contribution in [0, 0.1) is 5.41 Å². The van der Waals surface area contributed by atoms with Gasteiger partial charge in [0.25, 0.3) is 0 Å². The number of carbonyl (C=O) groups is 1. The standard InChI is InChI=1S/C24H28FN5O2/c1-23(2)12-17-10-16(11-20(32)18-14-27-30-7-3-6-26-22(18)30)21(28-19(17)13-23)29-8-4-24(25,15-31)5-9-29/h3,6-7,10,14,31H,4-5,8-9,11-13,15H2,1-2H3. The molecule has 0 unspecified atom stereocenters. The molecule has 0 atom stereocenters. The van der Waals surface area contributed by atoms with Crippen LogP contribution in [0.5, 0.6) is 0 Å². The summed E-state index contributed by atoms with van der Waals surface area (Å²) < 4.78 is 16.2. The first-order chi connectivity index (χ1) is 15.3. The number of anilines is 1. The van der Waals surface area contributed by atoms with E-state index in [-0.39, 0.29) is 30.5 Å². The third-order valence-corrected chi connectivity index (χ3v) is 6.74. The van der Waals surface area contributed by atoms with Crippen LogP contribution in [0.2, 0.25) is 0 Å². The van der Waals surface area contributed by atoms with Crippen molar-refractivity contribution >= 4 is 17.2 Å². The number of fused-ring (bicyclic) bond motifs is 2. The summed E-state index contributed by atoms with van der Waals surface area (Å²) in [6.45, 7) is 4.92. The Labute approximate surface area is 186 Å². The van der Waals surface area contributed by atoms with E-state index >= 15 is 0 Å². The zero-order valence-corrected chi connectivity index (χ0v) is 18.5. The van der Waals surface area contributed by atoms with Crippen molar-refractivity contribution in [2.24, 2.45) is 5.41 Å². The van der Waals surface area contributed by atoms with Crippen molar-refractivity contribution in [3.63, 3.8) is 0 Å². The molecule has 0 saturated carbocycles. The number of carbonyl (C=O) groups excluding carboxylic acids is 1. The Morgan fingerprint density at radius 2 is 2.03 bits per heavy atom. The minimum absolute atomic E-state index is 0.0637. The van der Waals surface area contributed by atoms with Crippen LogP contribution in [-0.2, 0) is 19.3 Å². The van der Waals surface area contributed by atoms with E-state index in [4.69, 9.17) is 4.98 Å². The number of alkyl halides is 1. The maximum Gasteiger partial charge on any atom is 0.172 e. The van der Waals surface area contributed by atoms with Gasteiger partial charge in [-0.2, -0.15) is 5.10 Å². The van der Waals surface area contributed by atoms with Gasteiger partial charge in [-0.25, -0.2) is 18.9 Å². The average Bonchev–Trinajstić information content (AvgIpc) is 3.33. The lowest BCUT2D eigenvalue weighted by molar-refractivity contribution is 0.0480. The molecule has 3 aromatic heterocycles. The van der Waals surface area contributed by atoms with Crippen molar-refractivity contribution < 1.29 is 14.3 Å². The molecule has 8 heteroatoms. The summed E-state index contributed by atoms with van der Waals surface area (Å²) in [5.41, 5.74) is 2.74. The number of aliphatic hydroxyl groups excluding tert-OH is 1. The molecular formula is C24H28FN5O2. The Morgan fingerprint density at radius 3 is 2.78 bits per heavy atom. The third-order valence-electron chi connectivity index (χ3n) is 6.74. The summed E-state index contributed by atoms with van der Waals surface area (Å²) in [6.07, 6.45) is 7.47. The highest BCUT2D eigenvalue weighted by molar-refractivity contribution is 6.02. The molecule has 0 bridgehead atoms. The number of halogens is 1. The zero-order valence-electron chi connectivity index (χ0n) is 18.5. The van der Waals surface area contributed by atoms with Gasteiger partial charge < -0.3 is 10.0 Å². The number of aromatic nitrogens is 4. The molecule has 1 fully saturated rings. The molecule has 2 aliphatic rings. The minimum atomic E-state index is -1.53. The average molecular weight is 438 g/mol. The number of ketones is 1. The summed E-state index contributed by atoms with van der Waals surface area (Å²) in [5, 5.41) is 13.6. The van der Waals surface area contributed by atoms with E-state index in [2.05, 4.69) is 34.9 Å². The summed E-state index contributed by atoms with van der Waals surface area (Å²) in [5.74, 6) is 0.699. The summed E-state index contributed by atoms with van der Waals surface area (Å²) in [4.78, 5) is 24.6. The molecule has 0 spiro atoms. The van der Waals surface area contributed by atoms with Gasteiger partial charge in [-0.15, -0.1) is 0 Å². The second-order valence-corrected chi connectivity index (χ2v) is 9.94. The Hall–Kier alpha value is -2.87. The van der Waals surface area contributed by atoms with Gasteiger partial charge in [0.2, 0.25) is 0 Å². The molecule has 168 valence electrons. The smallest absolute Gasteiger partial charge is 0.172 e. The van der Waals surface area contributed by atoms with Crippen LogP contribution in [0.3, 0.4) is 0 Å². The molecule has 7 nitrogen and oxygen atoms in total. The second kappa shape index (κ2) is 7.62. The van der Waals surface area contributed by atoms with Crippen molar-refractivity contribution in [1.29, 1.82) is 0 Å². The Kier molecular flexibility index (Phi) is 5.00. The number of pyridine rings is 1. The van der Waals surface area contributed by atoms with E-state index in [0.717, 1.165) is 29.9 Å². The molecule has 0 radical (unpaired) electrons. The molecule has 32 heavy (non-hydrogen) atoms. The third kappa shape index (κ3) is 3.77. The normalized spacial score (nSPS) is 19.3. The van der Waals surface area contributed by atoms with Crippen molar-refractivity contribution in [3.8, 4) is 0 Å². The lowest BCUT2D eigenvalue weighted by Gasteiger charge is -2.37. The Balaban J connectivity index is 1.49. The monoisotopic (exact) mass is 437 g/mol. The van der Waals surface area contributed by atoms with Gasteiger partial charge in [0.05, 0.1) is 18.4 Å². The predicted molar refractivity (Wildman–Crippen MR) is 119 cm³/mol. The minimum Gasteiger partial charge on any atom is -0.393 e. The molecule has 4 heterocycles. The van der Waals surface area contributed by atoms with Gasteiger partial charge in [-0.1, -0.05) is 13.8 Å². The quantitative estimate of drug-likeness (QED) is 0.618. The maximum atomic E-state index is 14.6. The fourth-order valence-electron chi connectivity index (χ4n) is 4.94. The summed E-state index contributed by atoms with van der Waals surface area (Å²) in [7, 11) is 0. The van der Waals surface area contributed by atoms with Crippen LogP contribution in [0.25, 0.3) is 5.65 Å². The molecular weight excluding hydrogens is 409 g/mol. The van der Waals surface area contributed by atoms with Crippen molar-refractivity contribution in [3.05, 3.63) is 53.1 Å². The number of piperidine rings is 1. The first kappa shape index (κ1) is 21.0. The number of Topliss-reactive ketones (excluding diaryl/α,β-unsaturated/α-hetero) is 1. The number of rotatable bonds is 5. The van der Waals surface area contributed by atoms with Crippen molar-refractivity contribution in [2.75, 3.05) is 24.6 Å². The molecule has 1 aliphatic carbocycles. The zero-order chi connectivity index (χ0) is 22.5. The second-order valence-electron chi connectivity index (χ2n) is 9.94. The fraction of sp³-hybridized carbons (Fsp3) is 0.500. The van der Waals surface area contributed by atoms with E-state index < -0.39 is 12.3 Å². The first-order valence-corrected chi connectivity index (χ1v) is 11.1.